The number of methoxy groups -OCH3 is 2. The Labute approximate surface area is 191 Å². The SMILES string of the molecule is COc1ccc(C=CC(=O)N[C@@H](C)C(=O)OCC(=O)Nc2cc(C)c(Cl)cc2OC)cc1. The molecule has 2 amide bonds. The number of ether oxygens (including phenoxy) is 3. The summed E-state index contributed by atoms with van der Waals surface area (Å²) in [6, 6.07) is 9.40. The fourth-order valence-electron chi connectivity index (χ4n) is 2.59. The van der Waals surface area contributed by atoms with Gasteiger partial charge in [-0.3, -0.25) is 9.59 Å². The number of aryl methyl sites for hydroxylation is 1. The Morgan fingerprint density at radius 3 is 2.41 bits per heavy atom. The highest BCUT2D eigenvalue weighted by Crippen LogP contribution is 2.30. The van der Waals surface area contributed by atoms with Gasteiger partial charge < -0.3 is 24.8 Å². The van der Waals surface area contributed by atoms with E-state index in [2.05, 4.69) is 10.6 Å². The zero-order chi connectivity index (χ0) is 23.7. The minimum absolute atomic E-state index is 0.379. The largest absolute Gasteiger partial charge is 0.497 e. The van der Waals surface area contributed by atoms with Crippen LogP contribution in [0.2, 0.25) is 5.02 Å². The quantitative estimate of drug-likeness (QED) is 0.439. The number of halogens is 1. The minimum atomic E-state index is -0.942. The molecule has 2 rings (SSSR count). The molecule has 9 heteroatoms. The number of carbonyl (C=O) groups is 3. The molecule has 0 aliphatic rings. The molecule has 2 aromatic rings. The van der Waals surface area contributed by atoms with Gasteiger partial charge in [-0.1, -0.05) is 23.7 Å². The van der Waals surface area contributed by atoms with Gasteiger partial charge in [-0.2, -0.15) is 0 Å². The first-order valence-electron chi connectivity index (χ1n) is 9.66. The van der Waals surface area contributed by atoms with E-state index in [0.717, 1.165) is 11.1 Å². The van der Waals surface area contributed by atoms with Gasteiger partial charge in [0, 0.05) is 17.2 Å². The van der Waals surface area contributed by atoms with Crippen molar-refractivity contribution in [2.24, 2.45) is 0 Å². The van der Waals surface area contributed by atoms with Gasteiger partial charge in [0.15, 0.2) is 6.61 Å². The number of hydrogen-bond donors (Lipinski definition) is 2. The van der Waals surface area contributed by atoms with Gasteiger partial charge in [0.25, 0.3) is 5.91 Å². The maximum Gasteiger partial charge on any atom is 0.328 e. The van der Waals surface area contributed by atoms with E-state index in [1.165, 1.54) is 20.1 Å². The molecule has 0 heterocycles. The first-order valence-corrected chi connectivity index (χ1v) is 10.0. The standard InChI is InChI=1S/C23H25ClN2O6/c1-14-11-19(20(31-4)12-18(14)24)26-22(28)13-32-23(29)15(2)25-21(27)10-7-16-5-8-17(30-3)9-6-16/h5-12,15H,13H2,1-4H3,(H,25,27)(H,26,28)/t15-/m0/s1. The highest BCUT2D eigenvalue weighted by molar-refractivity contribution is 6.31. The van der Waals surface area contributed by atoms with Crippen molar-refractivity contribution in [1.29, 1.82) is 0 Å². The first kappa shape index (κ1) is 24.7. The topological polar surface area (TPSA) is 103 Å². The third-order valence-electron chi connectivity index (χ3n) is 4.36. The predicted octanol–water partition coefficient (Wildman–Crippen LogP) is 3.37. The molecule has 0 bridgehead atoms. The molecule has 0 saturated heterocycles. The maximum atomic E-state index is 12.1. The predicted molar refractivity (Wildman–Crippen MR) is 122 cm³/mol. The Balaban J connectivity index is 1.83. The summed E-state index contributed by atoms with van der Waals surface area (Å²) in [5.41, 5.74) is 1.94. The molecule has 0 fully saturated rings. The molecule has 8 nitrogen and oxygen atoms in total. The lowest BCUT2D eigenvalue weighted by atomic mass is 10.2. The summed E-state index contributed by atoms with van der Waals surface area (Å²) in [7, 11) is 3.02. The fraction of sp³-hybridized carbons (Fsp3) is 0.261. The lowest BCUT2D eigenvalue weighted by Gasteiger charge is -2.14. The zero-order valence-electron chi connectivity index (χ0n) is 18.2. The van der Waals surface area contributed by atoms with Crippen LogP contribution in [0.3, 0.4) is 0 Å². The Bertz CT molecular complexity index is 1000. The third-order valence-corrected chi connectivity index (χ3v) is 4.76. The number of carbonyl (C=O) groups excluding carboxylic acids is 3. The molecule has 0 spiro atoms. The van der Waals surface area contributed by atoms with Crippen LogP contribution in [0.4, 0.5) is 5.69 Å². The second-order valence-electron chi connectivity index (χ2n) is 6.79. The first-order chi connectivity index (χ1) is 15.2. The Morgan fingerprint density at radius 1 is 1.09 bits per heavy atom. The van der Waals surface area contributed by atoms with E-state index in [-0.39, 0.29) is 0 Å². The van der Waals surface area contributed by atoms with Crippen molar-refractivity contribution >= 4 is 41.1 Å². The van der Waals surface area contributed by atoms with Gasteiger partial charge in [-0.25, -0.2) is 4.79 Å². The fourth-order valence-corrected chi connectivity index (χ4v) is 2.74. The molecule has 170 valence electrons. The van der Waals surface area contributed by atoms with Crippen LogP contribution in [0.5, 0.6) is 11.5 Å². The summed E-state index contributed by atoms with van der Waals surface area (Å²) in [6.45, 7) is 2.72. The van der Waals surface area contributed by atoms with Crippen LogP contribution in [0.1, 0.15) is 18.1 Å². The Morgan fingerprint density at radius 2 is 1.78 bits per heavy atom. The highest BCUT2D eigenvalue weighted by atomic mass is 35.5. The molecule has 1 atom stereocenters. The lowest BCUT2D eigenvalue weighted by Crippen LogP contribution is -2.39. The van der Waals surface area contributed by atoms with E-state index in [4.69, 9.17) is 25.8 Å². The van der Waals surface area contributed by atoms with Crippen molar-refractivity contribution < 1.29 is 28.6 Å². The van der Waals surface area contributed by atoms with E-state index in [1.54, 1.807) is 56.5 Å². The van der Waals surface area contributed by atoms with Crippen LogP contribution in [-0.4, -0.2) is 44.7 Å². The number of nitrogens with one attached hydrogen (secondary N) is 2. The van der Waals surface area contributed by atoms with Crippen molar-refractivity contribution in [3.63, 3.8) is 0 Å². The van der Waals surface area contributed by atoms with Gasteiger partial charge in [-0.05, 0) is 49.2 Å². The molecule has 0 aliphatic carbocycles. The van der Waals surface area contributed by atoms with E-state index < -0.39 is 30.4 Å². The van der Waals surface area contributed by atoms with Crippen LogP contribution in [0.25, 0.3) is 6.08 Å². The van der Waals surface area contributed by atoms with Gasteiger partial charge in [-0.15, -0.1) is 0 Å². The van der Waals surface area contributed by atoms with E-state index >= 15 is 0 Å². The molecule has 0 unspecified atom stereocenters. The summed E-state index contributed by atoms with van der Waals surface area (Å²) in [6.07, 6.45) is 2.90. The third kappa shape index (κ3) is 7.31. The molecule has 2 aromatic carbocycles. The molecule has 0 radical (unpaired) electrons. The van der Waals surface area contributed by atoms with Gasteiger partial charge in [0.2, 0.25) is 5.91 Å². The summed E-state index contributed by atoms with van der Waals surface area (Å²) < 4.78 is 15.2. The number of rotatable bonds is 9. The molecular formula is C23H25ClN2O6. The van der Waals surface area contributed by atoms with Crippen molar-refractivity contribution in [1.82, 2.24) is 5.32 Å². The normalized spacial score (nSPS) is 11.5. The van der Waals surface area contributed by atoms with Gasteiger partial charge >= 0.3 is 5.97 Å². The minimum Gasteiger partial charge on any atom is -0.497 e. The molecular weight excluding hydrogens is 436 g/mol. The molecule has 32 heavy (non-hydrogen) atoms. The van der Waals surface area contributed by atoms with E-state index in [9.17, 15) is 14.4 Å². The van der Waals surface area contributed by atoms with Crippen molar-refractivity contribution in [2.75, 3.05) is 26.1 Å². The molecule has 0 aromatic heterocycles. The van der Waals surface area contributed by atoms with Crippen molar-refractivity contribution in [3.8, 4) is 11.5 Å². The average molecular weight is 461 g/mol. The zero-order valence-corrected chi connectivity index (χ0v) is 19.0. The second-order valence-corrected chi connectivity index (χ2v) is 7.20. The van der Waals surface area contributed by atoms with E-state index in [1.807, 2.05) is 0 Å². The van der Waals surface area contributed by atoms with Crippen LogP contribution in [0, 0.1) is 6.92 Å². The number of benzene rings is 2. The van der Waals surface area contributed by atoms with Crippen molar-refractivity contribution in [3.05, 3.63) is 58.6 Å². The Hall–Kier alpha value is -3.52. The summed E-state index contributed by atoms with van der Waals surface area (Å²) in [5.74, 6) is -0.695. The average Bonchev–Trinajstić information content (AvgIpc) is 2.78. The molecule has 0 saturated carbocycles. The van der Waals surface area contributed by atoms with Crippen molar-refractivity contribution in [2.45, 2.75) is 19.9 Å². The van der Waals surface area contributed by atoms with Crippen LogP contribution >= 0.6 is 11.6 Å². The number of anilines is 1. The monoisotopic (exact) mass is 460 g/mol. The van der Waals surface area contributed by atoms with E-state index in [0.29, 0.717) is 22.2 Å². The summed E-state index contributed by atoms with van der Waals surface area (Å²) in [5, 5.41) is 5.59. The number of esters is 1. The summed E-state index contributed by atoms with van der Waals surface area (Å²) in [4.78, 5) is 36.3. The second kappa shape index (κ2) is 11.8. The molecule has 2 N–H and O–H groups in total. The molecule has 0 aliphatic heterocycles. The van der Waals surface area contributed by atoms with Crippen LogP contribution in [0.15, 0.2) is 42.5 Å². The maximum absolute atomic E-state index is 12.1. The Kier molecular flexibility index (Phi) is 9.09. The highest BCUT2D eigenvalue weighted by Gasteiger charge is 2.18. The lowest BCUT2D eigenvalue weighted by molar-refractivity contribution is -0.149. The van der Waals surface area contributed by atoms with Gasteiger partial charge in [0.1, 0.15) is 17.5 Å². The smallest absolute Gasteiger partial charge is 0.328 e. The number of hydrogen-bond acceptors (Lipinski definition) is 6. The number of amides is 2. The van der Waals surface area contributed by atoms with Crippen LogP contribution < -0.4 is 20.1 Å². The van der Waals surface area contributed by atoms with Crippen LogP contribution in [-0.2, 0) is 19.1 Å². The summed E-state index contributed by atoms with van der Waals surface area (Å²) >= 11 is 6.04. The van der Waals surface area contributed by atoms with Gasteiger partial charge in [0.05, 0.1) is 19.9 Å².